The Balaban J connectivity index is 1.79. The molecule has 0 radical (unpaired) electrons. The van der Waals surface area contributed by atoms with Gasteiger partial charge in [0.05, 0.1) is 0 Å². The summed E-state index contributed by atoms with van der Waals surface area (Å²) >= 11 is 7.71. The average molecular weight is 421 g/mol. The lowest BCUT2D eigenvalue weighted by molar-refractivity contribution is 0.912. The van der Waals surface area contributed by atoms with Crippen molar-refractivity contribution in [3.63, 3.8) is 0 Å². The maximum atomic E-state index is 7.71. The van der Waals surface area contributed by atoms with Crippen LogP contribution in [0.3, 0.4) is 0 Å². The third-order valence-electron chi connectivity index (χ3n) is 6.90. The summed E-state index contributed by atoms with van der Waals surface area (Å²) in [5, 5.41) is 0. The Kier molecular flexibility index (Phi) is 5.66. The average Bonchev–Trinajstić information content (AvgIpc) is 3.20. The van der Waals surface area contributed by atoms with Crippen molar-refractivity contribution in [2.24, 2.45) is 0 Å². The van der Waals surface area contributed by atoms with Crippen LogP contribution < -0.4 is 0 Å². The zero-order valence-corrected chi connectivity index (χ0v) is 20.2. The highest BCUT2D eigenvalue weighted by Crippen LogP contribution is 2.54. The number of fused-ring (bicyclic) bond motifs is 2. The fourth-order valence-corrected chi connectivity index (χ4v) is 11.6. The van der Waals surface area contributed by atoms with E-state index >= 15 is 0 Å². The number of halogens is 1. The van der Waals surface area contributed by atoms with E-state index in [9.17, 15) is 0 Å². The van der Waals surface area contributed by atoms with Gasteiger partial charge in [-0.15, -0.1) is 0 Å². The molecule has 2 aliphatic rings. The Morgan fingerprint density at radius 1 is 0.759 bits per heavy atom. The first kappa shape index (κ1) is 20.7. The smallest absolute Gasteiger partial charge is 0.165 e. The number of aryl methyl sites for hydroxylation is 2. The molecule has 29 heavy (non-hydrogen) atoms. The molecule has 0 spiro atoms. The van der Waals surface area contributed by atoms with E-state index in [4.69, 9.17) is 11.1 Å². The van der Waals surface area contributed by atoms with Gasteiger partial charge in [-0.05, 0) is 60.1 Å². The third kappa shape index (κ3) is 3.37. The van der Waals surface area contributed by atoms with Gasteiger partial charge in [-0.1, -0.05) is 92.9 Å². The second-order valence-electron chi connectivity index (χ2n) is 9.13. The fourth-order valence-electron chi connectivity index (χ4n) is 5.87. The molecular formula is C27H33ClSi. The van der Waals surface area contributed by atoms with Crippen LogP contribution in [-0.2, 0) is 12.8 Å². The summed E-state index contributed by atoms with van der Waals surface area (Å²) in [4.78, 5) is 0. The highest BCUT2D eigenvalue weighted by molar-refractivity contribution is 7.21. The first-order chi connectivity index (χ1) is 13.9. The molecule has 4 rings (SSSR count). The van der Waals surface area contributed by atoms with E-state index in [0.717, 1.165) is 12.8 Å². The molecule has 0 aliphatic heterocycles. The van der Waals surface area contributed by atoms with Crippen molar-refractivity contribution < 1.29 is 0 Å². The van der Waals surface area contributed by atoms with Gasteiger partial charge in [0.1, 0.15) is 0 Å². The van der Waals surface area contributed by atoms with Crippen LogP contribution in [0, 0.1) is 0 Å². The quantitative estimate of drug-likeness (QED) is 0.326. The number of hydrogen-bond acceptors (Lipinski definition) is 0. The number of hydrogen-bond donors (Lipinski definition) is 0. The van der Waals surface area contributed by atoms with Crippen LogP contribution in [-0.4, -0.2) is 7.38 Å². The van der Waals surface area contributed by atoms with E-state index in [2.05, 4.69) is 82.8 Å². The molecule has 0 saturated heterocycles. The molecule has 0 nitrogen and oxygen atoms in total. The number of allylic oxidation sites excluding steroid dienone is 2. The molecule has 152 valence electrons. The van der Waals surface area contributed by atoms with Gasteiger partial charge in [0.15, 0.2) is 7.38 Å². The van der Waals surface area contributed by atoms with Gasteiger partial charge in [0.2, 0.25) is 0 Å². The Hall–Kier alpha value is -1.57. The van der Waals surface area contributed by atoms with E-state index in [1.165, 1.54) is 57.4 Å². The van der Waals surface area contributed by atoms with Crippen LogP contribution in [0.1, 0.15) is 85.0 Å². The van der Waals surface area contributed by atoms with Crippen LogP contribution in [0.5, 0.6) is 0 Å². The molecule has 2 aromatic rings. The van der Waals surface area contributed by atoms with Crippen LogP contribution in [0.15, 0.2) is 47.5 Å². The fraction of sp³-hybridized carbons (Fsp3) is 0.407. The van der Waals surface area contributed by atoms with Gasteiger partial charge in [0, 0.05) is 11.1 Å². The third-order valence-corrected chi connectivity index (χ3v) is 12.0. The second kappa shape index (κ2) is 7.93. The molecule has 2 atom stereocenters. The molecule has 0 heterocycles. The van der Waals surface area contributed by atoms with Gasteiger partial charge < -0.3 is 0 Å². The van der Waals surface area contributed by atoms with Crippen molar-refractivity contribution in [1.82, 2.24) is 0 Å². The van der Waals surface area contributed by atoms with Crippen molar-refractivity contribution in [3.05, 3.63) is 80.9 Å². The molecule has 2 heteroatoms. The molecule has 2 aromatic carbocycles. The minimum atomic E-state index is -2.22. The van der Waals surface area contributed by atoms with Crippen molar-refractivity contribution >= 4 is 30.6 Å². The minimum absolute atomic E-state index is 0.380. The Labute approximate surface area is 182 Å². The van der Waals surface area contributed by atoms with E-state index in [0.29, 0.717) is 11.1 Å². The van der Waals surface area contributed by atoms with Crippen LogP contribution in [0.4, 0.5) is 0 Å². The van der Waals surface area contributed by atoms with E-state index in [-0.39, 0.29) is 0 Å². The Morgan fingerprint density at radius 3 is 1.55 bits per heavy atom. The van der Waals surface area contributed by atoms with E-state index in [1.54, 1.807) is 0 Å². The first-order valence-corrected chi connectivity index (χ1v) is 14.9. The summed E-state index contributed by atoms with van der Waals surface area (Å²) in [6.07, 6.45) is 9.52. The minimum Gasteiger partial charge on any atom is -0.165 e. The lowest BCUT2D eigenvalue weighted by atomic mass is 10.00. The van der Waals surface area contributed by atoms with Crippen molar-refractivity contribution in [2.75, 3.05) is 0 Å². The van der Waals surface area contributed by atoms with Crippen molar-refractivity contribution in [1.29, 1.82) is 0 Å². The maximum Gasteiger partial charge on any atom is 0.176 e. The topological polar surface area (TPSA) is 0 Å². The summed E-state index contributed by atoms with van der Waals surface area (Å²) in [6, 6.07) is 13.8. The van der Waals surface area contributed by atoms with Gasteiger partial charge >= 0.3 is 0 Å². The molecule has 2 aliphatic carbocycles. The molecule has 2 unspecified atom stereocenters. The molecule has 0 N–H and O–H groups in total. The molecular weight excluding hydrogens is 388 g/mol. The predicted octanol–water partition coefficient (Wildman–Crippen LogP) is 8.19. The Morgan fingerprint density at radius 2 is 1.17 bits per heavy atom. The normalized spacial score (nSPS) is 22.0. The lowest BCUT2D eigenvalue weighted by Crippen LogP contribution is -2.40. The van der Waals surface area contributed by atoms with Crippen LogP contribution >= 0.6 is 11.1 Å². The molecule has 0 fully saturated rings. The monoisotopic (exact) mass is 420 g/mol. The molecule has 0 amide bonds. The largest absolute Gasteiger partial charge is 0.176 e. The van der Waals surface area contributed by atoms with Gasteiger partial charge in [-0.3, -0.25) is 0 Å². The predicted molar refractivity (Wildman–Crippen MR) is 131 cm³/mol. The van der Waals surface area contributed by atoms with E-state index in [1.807, 2.05) is 0 Å². The summed E-state index contributed by atoms with van der Waals surface area (Å²) in [6.45, 7) is 11.5. The summed E-state index contributed by atoms with van der Waals surface area (Å²) in [7, 11) is -2.22. The second-order valence-corrected chi connectivity index (χ2v) is 15.0. The number of rotatable bonds is 6. The lowest BCUT2D eigenvalue weighted by Gasteiger charge is -2.36. The summed E-state index contributed by atoms with van der Waals surface area (Å²) in [5.41, 5.74) is 12.5. The van der Waals surface area contributed by atoms with Crippen molar-refractivity contribution in [2.45, 2.75) is 71.0 Å². The highest BCUT2D eigenvalue weighted by Gasteiger charge is 2.49. The van der Waals surface area contributed by atoms with Gasteiger partial charge in [-0.2, -0.15) is 11.1 Å². The summed E-state index contributed by atoms with van der Waals surface area (Å²) in [5.74, 6) is 0. The maximum absolute atomic E-state index is 7.71. The summed E-state index contributed by atoms with van der Waals surface area (Å²) < 4.78 is 0. The zero-order valence-electron chi connectivity index (χ0n) is 18.5. The SMILES string of the molecule is CCCc1cccc2c1C=C(C)C2[Si](C)(Cl)C1C(C)=Cc2c(CCC)cccc21. The first-order valence-electron chi connectivity index (χ1n) is 11.2. The van der Waals surface area contributed by atoms with E-state index < -0.39 is 7.38 Å². The van der Waals surface area contributed by atoms with Gasteiger partial charge in [0.25, 0.3) is 0 Å². The van der Waals surface area contributed by atoms with Gasteiger partial charge in [-0.25, -0.2) is 0 Å². The van der Waals surface area contributed by atoms with Crippen molar-refractivity contribution in [3.8, 4) is 0 Å². The molecule has 0 saturated carbocycles. The van der Waals surface area contributed by atoms with Crippen LogP contribution in [0.25, 0.3) is 12.2 Å². The Bertz CT molecular complexity index is 916. The molecule has 0 bridgehead atoms. The zero-order chi connectivity index (χ0) is 20.8. The highest BCUT2D eigenvalue weighted by atomic mass is 35.6. The number of benzene rings is 2. The standard InChI is InChI=1S/C27H33ClSi/c1-6-10-20-12-8-14-22-24(20)16-18(3)26(22)29(5,28)27-19(4)17-25-21(11-7-2)13-9-15-23(25)27/h8-9,12-17,26-27H,6-7,10-11H2,1-5H3. The van der Waals surface area contributed by atoms with Crippen LogP contribution in [0.2, 0.25) is 6.55 Å². The molecule has 0 aromatic heterocycles.